The Morgan fingerprint density at radius 3 is 2.92 bits per heavy atom. The minimum atomic E-state index is 0.146. The second-order valence-electron chi connectivity index (χ2n) is 3.84. The van der Waals surface area contributed by atoms with E-state index < -0.39 is 0 Å². The fraction of sp³-hybridized carbons (Fsp3) is 1.00. The lowest BCUT2D eigenvalue weighted by molar-refractivity contribution is -0.0227. The van der Waals surface area contributed by atoms with Crippen LogP contribution in [0, 0.1) is 5.92 Å². The minimum absolute atomic E-state index is 0.146. The molecular weight excluding hydrogens is 154 g/mol. The van der Waals surface area contributed by atoms with Gasteiger partial charge in [-0.2, -0.15) is 0 Å². The van der Waals surface area contributed by atoms with Crippen LogP contribution in [0.4, 0.5) is 0 Å². The van der Waals surface area contributed by atoms with E-state index in [1.54, 1.807) is 7.11 Å². The summed E-state index contributed by atoms with van der Waals surface area (Å²) in [5.41, 5.74) is 0.146. The van der Waals surface area contributed by atoms with Crippen LogP contribution in [0.1, 0.15) is 12.8 Å². The third-order valence-electron chi connectivity index (χ3n) is 2.84. The highest BCUT2D eigenvalue weighted by molar-refractivity contribution is 5.02. The summed E-state index contributed by atoms with van der Waals surface area (Å²) in [6.45, 7) is 3.43. The van der Waals surface area contributed by atoms with E-state index >= 15 is 0 Å². The van der Waals surface area contributed by atoms with Crippen molar-refractivity contribution in [3.63, 3.8) is 0 Å². The number of methoxy groups -OCH3 is 1. The fourth-order valence-corrected chi connectivity index (χ4v) is 2.04. The van der Waals surface area contributed by atoms with Crippen molar-refractivity contribution < 1.29 is 9.47 Å². The molecule has 70 valence electrons. The zero-order valence-electron chi connectivity index (χ0n) is 7.64. The Morgan fingerprint density at radius 2 is 2.42 bits per heavy atom. The van der Waals surface area contributed by atoms with Gasteiger partial charge in [0.05, 0.1) is 25.4 Å². The van der Waals surface area contributed by atoms with Gasteiger partial charge < -0.3 is 14.8 Å². The monoisotopic (exact) mass is 171 g/mol. The number of hydrogen-bond donors (Lipinski definition) is 1. The first kappa shape index (κ1) is 8.48. The van der Waals surface area contributed by atoms with Crippen LogP contribution in [0.3, 0.4) is 0 Å². The van der Waals surface area contributed by atoms with Crippen LogP contribution in [-0.2, 0) is 9.47 Å². The first-order valence-corrected chi connectivity index (χ1v) is 4.69. The summed E-state index contributed by atoms with van der Waals surface area (Å²) >= 11 is 0. The maximum absolute atomic E-state index is 5.50. The molecule has 0 amide bonds. The van der Waals surface area contributed by atoms with Gasteiger partial charge in [0.1, 0.15) is 0 Å². The van der Waals surface area contributed by atoms with Crippen molar-refractivity contribution in [2.75, 3.05) is 33.5 Å². The van der Waals surface area contributed by atoms with E-state index in [9.17, 15) is 0 Å². The van der Waals surface area contributed by atoms with Gasteiger partial charge in [-0.05, 0) is 18.8 Å². The predicted molar refractivity (Wildman–Crippen MR) is 46.2 cm³/mol. The Hall–Kier alpha value is -0.120. The standard InChI is InChI=1S/C9H17NO2/c1-11-6-9(8-2-3-8)7-12-5-4-10-9/h8,10H,2-7H2,1H3. The lowest BCUT2D eigenvalue weighted by atomic mass is 9.94. The van der Waals surface area contributed by atoms with Crippen LogP contribution in [0.2, 0.25) is 0 Å². The lowest BCUT2D eigenvalue weighted by Crippen LogP contribution is -2.58. The van der Waals surface area contributed by atoms with Gasteiger partial charge in [-0.25, -0.2) is 0 Å². The normalized spacial score (nSPS) is 36.8. The number of rotatable bonds is 3. The van der Waals surface area contributed by atoms with Gasteiger partial charge in [-0.1, -0.05) is 0 Å². The summed E-state index contributed by atoms with van der Waals surface area (Å²) in [6.07, 6.45) is 2.67. The minimum Gasteiger partial charge on any atom is -0.383 e. The van der Waals surface area contributed by atoms with Gasteiger partial charge >= 0.3 is 0 Å². The average Bonchev–Trinajstić information content (AvgIpc) is 2.89. The molecule has 2 rings (SSSR count). The molecule has 0 spiro atoms. The molecule has 0 aromatic carbocycles. The fourth-order valence-electron chi connectivity index (χ4n) is 2.04. The van der Waals surface area contributed by atoms with Crippen LogP contribution in [0.25, 0.3) is 0 Å². The molecule has 1 N–H and O–H groups in total. The first-order chi connectivity index (χ1) is 5.87. The second-order valence-corrected chi connectivity index (χ2v) is 3.84. The van der Waals surface area contributed by atoms with E-state index in [1.165, 1.54) is 12.8 Å². The zero-order valence-corrected chi connectivity index (χ0v) is 7.64. The molecule has 1 aliphatic carbocycles. The predicted octanol–water partition coefficient (Wildman–Crippen LogP) is 0.401. The van der Waals surface area contributed by atoms with Crippen LogP contribution in [0.15, 0.2) is 0 Å². The molecule has 2 aliphatic rings. The van der Waals surface area contributed by atoms with E-state index in [2.05, 4.69) is 5.32 Å². The van der Waals surface area contributed by atoms with Gasteiger partial charge in [-0.3, -0.25) is 0 Å². The van der Waals surface area contributed by atoms with Crippen LogP contribution in [0.5, 0.6) is 0 Å². The molecular formula is C9H17NO2. The van der Waals surface area contributed by atoms with E-state index in [0.717, 1.165) is 32.3 Å². The molecule has 1 saturated carbocycles. The van der Waals surface area contributed by atoms with Gasteiger partial charge in [-0.15, -0.1) is 0 Å². The Balaban J connectivity index is 1.98. The molecule has 3 nitrogen and oxygen atoms in total. The summed E-state index contributed by atoms with van der Waals surface area (Å²) in [7, 11) is 1.76. The van der Waals surface area contributed by atoms with Crippen molar-refractivity contribution >= 4 is 0 Å². The summed E-state index contributed by atoms with van der Waals surface area (Å²) in [4.78, 5) is 0. The molecule has 3 heteroatoms. The topological polar surface area (TPSA) is 30.5 Å². The lowest BCUT2D eigenvalue weighted by Gasteiger charge is -2.37. The molecule has 12 heavy (non-hydrogen) atoms. The number of nitrogens with one attached hydrogen (secondary N) is 1. The Labute approximate surface area is 73.4 Å². The number of morpholine rings is 1. The molecule has 0 bridgehead atoms. The van der Waals surface area contributed by atoms with E-state index in [0.29, 0.717) is 0 Å². The van der Waals surface area contributed by atoms with Crippen LogP contribution < -0.4 is 5.32 Å². The van der Waals surface area contributed by atoms with E-state index in [-0.39, 0.29) is 5.54 Å². The average molecular weight is 171 g/mol. The SMILES string of the molecule is COCC1(C2CC2)COCCN1. The van der Waals surface area contributed by atoms with Crippen LogP contribution in [-0.4, -0.2) is 39.0 Å². The quantitative estimate of drug-likeness (QED) is 0.667. The highest BCUT2D eigenvalue weighted by Crippen LogP contribution is 2.40. The van der Waals surface area contributed by atoms with Crippen molar-refractivity contribution in [2.45, 2.75) is 18.4 Å². The maximum atomic E-state index is 5.50. The molecule has 1 heterocycles. The molecule has 1 saturated heterocycles. The highest BCUT2D eigenvalue weighted by Gasteiger charge is 2.46. The van der Waals surface area contributed by atoms with Gasteiger partial charge in [0, 0.05) is 13.7 Å². The molecule has 0 radical (unpaired) electrons. The smallest absolute Gasteiger partial charge is 0.0682 e. The van der Waals surface area contributed by atoms with Gasteiger partial charge in [0.25, 0.3) is 0 Å². The van der Waals surface area contributed by atoms with E-state index in [4.69, 9.17) is 9.47 Å². The highest BCUT2D eigenvalue weighted by atomic mass is 16.5. The summed E-state index contributed by atoms with van der Waals surface area (Å²) in [5, 5.41) is 3.55. The Kier molecular flexibility index (Phi) is 2.35. The molecule has 0 aromatic rings. The van der Waals surface area contributed by atoms with Crippen molar-refractivity contribution in [1.82, 2.24) is 5.32 Å². The summed E-state index contributed by atoms with van der Waals surface area (Å²) in [5.74, 6) is 0.790. The van der Waals surface area contributed by atoms with Crippen LogP contribution >= 0.6 is 0 Å². The third-order valence-corrected chi connectivity index (χ3v) is 2.84. The summed E-state index contributed by atoms with van der Waals surface area (Å²) in [6, 6.07) is 0. The van der Waals surface area contributed by atoms with Crippen molar-refractivity contribution in [2.24, 2.45) is 5.92 Å². The van der Waals surface area contributed by atoms with Crippen molar-refractivity contribution in [3.05, 3.63) is 0 Å². The molecule has 1 atom stereocenters. The first-order valence-electron chi connectivity index (χ1n) is 4.69. The maximum Gasteiger partial charge on any atom is 0.0682 e. The van der Waals surface area contributed by atoms with Crippen molar-refractivity contribution in [3.8, 4) is 0 Å². The van der Waals surface area contributed by atoms with E-state index in [1.807, 2.05) is 0 Å². The molecule has 1 aliphatic heterocycles. The number of hydrogen-bond acceptors (Lipinski definition) is 3. The molecule has 2 fully saturated rings. The second kappa shape index (κ2) is 3.32. The van der Waals surface area contributed by atoms with Gasteiger partial charge in [0.15, 0.2) is 0 Å². The summed E-state index contributed by atoms with van der Waals surface area (Å²) < 4.78 is 10.7. The third kappa shape index (κ3) is 1.49. The Morgan fingerprint density at radius 1 is 1.58 bits per heavy atom. The van der Waals surface area contributed by atoms with Crippen molar-refractivity contribution in [1.29, 1.82) is 0 Å². The largest absolute Gasteiger partial charge is 0.383 e. The molecule has 0 aromatic heterocycles. The zero-order chi connectivity index (χ0) is 8.44. The number of ether oxygens (including phenoxy) is 2. The van der Waals surface area contributed by atoms with Gasteiger partial charge in [0.2, 0.25) is 0 Å². The molecule has 1 unspecified atom stereocenters. The Bertz CT molecular complexity index is 145.